The van der Waals surface area contributed by atoms with E-state index in [4.69, 9.17) is 0 Å². The third kappa shape index (κ3) is 4.95. The molecule has 0 saturated heterocycles. The van der Waals surface area contributed by atoms with Crippen LogP contribution in [-0.2, 0) is 11.3 Å². The van der Waals surface area contributed by atoms with Gasteiger partial charge in [-0.1, -0.05) is 13.0 Å². The number of carbonyl (C=O) groups excluding carboxylic acids is 1. The molecule has 0 aliphatic heterocycles. The molecule has 0 aliphatic rings. The smallest absolute Gasteiger partial charge is 0.234 e. The fraction of sp³-hybridized carbons (Fsp3) is 0.545. The highest BCUT2D eigenvalue weighted by atomic mass is 32.1. The van der Waals surface area contributed by atoms with Crippen LogP contribution in [0.25, 0.3) is 0 Å². The Labute approximate surface area is 94.9 Å². The number of rotatable bonds is 6. The number of hydrogen-bond donors (Lipinski definition) is 2. The summed E-state index contributed by atoms with van der Waals surface area (Å²) in [7, 11) is 0. The molecular weight excluding hydrogens is 208 g/mol. The highest BCUT2D eigenvalue weighted by Crippen LogP contribution is 2.06. The zero-order chi connectivity index (χ0) is 11.1. The van der Waals surface area contributed by atoms with Gasteiger partial charge in [0.05, 0.1) is 13.1 Å². The van der Waals surface area contributed by atoms with Crippen LogP contribution in [0.2, 0.25) is 0 Å². The van der Waals surface area contributed by atoms with Crippen molar-refractivity contribution in [2.45, 2.75) is 32.9 Å². The Morgan fingerprint density at radius 2 is 2.40 bits per heavy atom. The Morgan fingerprint density at radius 3 is 3.00 bits per heavy atom. The summed E-state index contributed by atoms with van der Waals surface area (Å²) in [5, 5.41) is 8.04. The molecule has 1 heterocycles. The highest BCUT2D eigenvalue weighted by Gasteiger charge is 2.03. The van der Waals surface area contributed by atoms with Crippen molar-refractivity contribution in [1.82, 2.24) is 10.6 Å². The van der Waals surface area contributed by atoms with Crippen LogP contribution in [0.4, 0.5) is 0 Å². The first-order chi connectivity index (χ1) is 7.22. The molecule has 0 spiro atoms. The Bertz CT molecular complexity index is 285. The molecule has 3 nitrogen and oxygen atoms in total. The average molecular weight is 226 g/mol. The molecule has 0 fully saturated rings. The second-order valence-electron chi connectivity index (χ2n) is 3.55. The van der Waals surface area contributed by atoms with Crippen molar-refractivity contribution in [2.75, 3.05) is 6.54 Å². The van der Waals surface area contributed by atoms with Crippen LogP contribution < -0.4 is 10.6 Å². The first kappa shape index (κ1) is 12.2. The zero-order valence-electron chi connectivity index (χ0n) is 9.25. The van der Waals surface area contributed by atoms with E-state index < -0.39 is 0 Å². The summed E-state index contributed by atoms with van der Waals surface area (Å²) < 4.78 is 0. The summed E-state index contributed by atoms with van der Waals surface area (Å²) in [6.07, 6.45) is 1.04. The molecule has 84 valence electrons. The standard InChI is InChI=1S/C11H18N2OS/c1-3-9(2)12-8-11(14)13-7-10-5-4-6-15-10/h4-6,9,12H,3,7-8H2,1-2H3,(H,13,14). The molecule has 1 aromatic heterocycles. The molecular formula is C11H18N2OS. The van der Waals surface area contributed by atoms with Crippen LogP contribution in [0.5, 0.6) is 0 Å². The van der Waals surface area contributed by atoms with Crippen molar-refractivity contribution in [2.24, 2.45) is 0 Å². The van der Waals surface area contributed by atoms with Crippen molar-refractivity contribution in [1.29, 1.82) is 0 Å². The van der Waals surface area contributed by atoms with E-state index in [9.17, 15) is 4.79 Å². The Morgan fingerprint density at radius 1 is 1.60 bits per heavy atom. The lowest BCUT2D eigenvalue weighted by Crippen LogP contribution is -2.37. The second kappa shape index (κ2) is 6.58. The van der Waals surface area contributed by atoms with Crippen LogP contribution >= 0.6 is 11.3 Å². The zero-order valence-corrected chi connectivity index (χ0v) is 10.1. The van der Waals surface area contributed by atoms with Gasteiger partial charge in [-0.3, -0.25) is 4.79 Å². The van der Waals surface area contributed by atoms with Gasteiger partial charge in [0.25, 0.3) is 0 Å². The second-order valence-corrected chi connectivity index (χ2v) is 4.58. The van der Waals surface area contributed by atoms with Crippen molar-refractivity contribution in [3.05, 3.63) is 22.4 Å². The molecule has 0 saturated carbocycles. The lowest BCUT2D eigenvalue weighted by atomic mass is 10.2. The normalized spacial score (nSPS) is 12.4. The van der Waals surface area contributed by atoms with Crippen LogP contribution in [-0.4, -0.2) is 18.5 Å². The van der Waals surface area contributed by atoms with Gasteiger partial charge < -0.3 is 10.6 Å². The van der Waals surface area contributed by atoms with Crippen LogP contribution in [0.15, 0.2) is 17.5 Å². The maximum Gasteiger partial charge on any atom is 0.234 e. The minimum Gasteiger partial charge on any atom is -0.350 e. The van der Waals surface area contributed by atoms with Gasteiger partial charge in [-0.05, 0) is 24.8 Å². The van der Waals surface area contributed by atoms with Gasteiger partial charge in [-0.2, -0.15) is 0 Å². The molecule has 4 heteroatoms. The maximum atomic E-state index is 11.4. The van der Waals surface area contributed by atoms with Gasteiger partial charge in [0.1, 0.15) is 0 Å². The summed E-state index contributed by atoms with van der Waals surface area (Å²) in [6.45, 7) is 5.22. The highest BCUT2D eigenvalue weighted by molar-refractivity contribution is 7.09. The lowest BCUT2D eigenvalue weighted by molar-refractivity contribution is -0.120. The minimum atomic E-state index is 0.0590. The minimum absolute atomic E-state index is 0.0590. The monoisotopic (exact) mass is 226 g/mol. The lowest BCUT2D eigenvalue weighted by Gasteiger charge is -2.10. The number of thiophene rings is 1. The Balaban J connectivity index is 2.14. The summed E-state index contributed by atoms with van der Waals surface area (Å²) in [4.78, 5) is 12.6. The molecule has 0 radical (unpaired) electrons. The predicted octanol–water partition coefficient (Wildman–Crippen LogP) is 1.75. The van der Waals surface area contributed by atoms with Crippen LogP contribution in [0.1, 0.15) is 25.1 Å². The topological polar surface area (TPSA) is 41.1 Å². The quantitative estimate of drug-likeness (QED) is 0.776. The van der Waals surface area contributed by atoms with Gasteiger partial charge in [-0.15, -0.1) is 11.3 Å². The molecule has 1 atom stereocenters. The molecule has 0 bridgehead atoms. The predicted molar refractivity (Wildman–Crippen MR) is 63.9 cm³/mol. The molecule has 1 aromatic rings. The Kier molecular flexibility index (Phi) is 5.36. The molecule has 1 unspecified atom stereocenters. The van der Waals surface area contributed by atoms with E-state index in [0.29, 0.717) is 19.1 Å². The molecule has 1 rings (SSSR count). The molecule has 15 heavy (non-hydrogen) atoms. The number of carbonyl (C=O) groups is 1. The van der Waals surface area contributed by atoms with E-state index in [-0.39, 0.29) is 5.91 Å². The fourth-order valence-corrected chi connectivity index (χ4v) is 1.72. The molecule has 0 aromatic carbocycles. The van der Waals surface area contributed by atoms with Gasteiger partial charge in [0, 0.05) is 10.9 Å². The van der Waals surface area contributed by atoms with E-state index in [1.807, 2.05) is 17.5 Å². The number of hydrogen-bond acceptors (Lipinski definition) is 3. The average Bonchev–Trinajstić information content (AvgIpc) is 2.75. The van der Waals surface area contributed by atoms with Gasteiger partial charge >= 0.3 is 0 Å². The van der Waals surface area contributed by atoms with Gasteiger partial charge in [0.2, 0.25) is 5.91 Å². The van der Waals surface area contributed by atoms with E-state index in [0.717, 1.165) is 6.42 Å². The fourth-order valence-electron chi connectivity index (χ4n) is 1.07. The van der Waals surface area contributed by atoms with Crippen LogP contribution in [0, 0.1) is 0 Å². The third-order valence-corrected chi connectivity index (χ3v) is 3.14. The summed E-state index contributed by atoms with van der Waals surface area (Å²) in [5.41, 5.74) is 0. The number of nitrogens with one attached hydrogen (secondary N) is 2. The van der Waals surface area contributed by atoms with Crippen LogP contribution in [0.3, 0.4) is 0 Å². The van der Waals surface area contributed by atoms with Crippen molar-refractivity contribution < 1.29 is 4.79 Å². The first-order valence-corrected chi connectivity index (χ1v) is 6.12. The van der Waals surface area contributed by atoms with E-state index in [2.05, 4.69) is 24.5 Å². The van der Waals surface area contributed by atoms with E-state index in [1.165, 1.54) is 4.88 Å². The van der Waals surface area contributed by atoms with Gasteiger partial charge in [0.15, 0.2) is 0 Å². The largest absolute Gasteiger partial charge is 0.350 e. The summed E-state index contributed by atoms with van der Waals surface area (Å²) in [5.74, 6) is 0.0590. The number of amides is 1. The summed E-state index contributed by atoms with van der Waals surface area (Å²) >= 11 is 1.66. The maximum absolute atomic E-state index is 11.4. The van der Waals surface area contributed by atoms with Gasteiger partial charge in [-0.25, -0.2) is 0 Å². The summed E-state index contributed by atoms with van der Waals surface area (Å²) in [6, 6.07) is 4.41. The molecule has 2 N–H and O–H groups in total. The van der Waals surface area contributed by atoms with E-state index >= 15 is 0 Å². The van der Waals surface area contributed by atoms with Crippen molar-refractivity contribution in [3.8, 4) is 0 Å². The SMILES string of the molecule is CCC(C)NCC(=O)NCc1cccs1. The molecule has 0 aliphatic carbocycles. The molecule has 1 amide bonds. The third-order valence-electron chi connectivity index (χ3n) is 2.26. The van der Waals surface area contributed by atoms with E-state index in [1.54, 1.807) is 11.3 Å². The first-order valence-electron chi connectivity index (χ1n) is 5.24. The van der Waals surface area contributed by atoms with Crippen molar-refractivity contribution >= 4 is 17.2 Å². The Hall–Kier alpha value is -0.870. The van der Waals surface area contributed by atoms with Crippen molar-refractivity contribution in [3.63, 3.8) is 0 Å².